The third-order valence-corrected chi connectivity index (χ3v) is 6.04. The number of nitrogens with one attached hydrogen (secondary N) is 1. The molecule has 1 unspecified atom stereocenters. The van der Waals surface area contributed by atoms with Crippen LogP contribution in [0.1, 0.15) is 56.6 Å². The SMILES string of the molecule is CCC(CC(=O)OC)c1ccc(N2CCC(C)CC2)c(Nc2ccc(C#N)cc2)c1. The van der Waals surface area contributed by atoms with Crippen LogP contribution in [0.15, 0.2) is 42.5 Å². The molecule has 0 aromatic heterocycles. The number of benzene rings is 2. The lowest BCUT2D eigenvalue weighted by Gasteiger charge is -2.34. The Bertz CT molecular complexity index is 894. The van der Waals surface area contributed by atoms with E-state index < -0.39 is 0 Å². The van der Waals surface area contributed by atoms with Gasteiger partial charge in [0.25, 0.3) is 0 Å². The number of carbonyl (C=O) groups excluding carboxylic acids is 1. The van der Waals surface area contributed by atoms with Crippen LogP contribution in [0.5, 0.6) is 0 Å². The molecule has 30 heavy (non-hydrogen) atoms. The van der Waals surface area contributed by atoms with Gasteiger partial charge in [-0.3, -0.25) is 4.79 Å². The van der Waals surface area contributed by atoms with Gasteiger partial charge in [-0.15, -0.1) is 0 Å². The molecule has 0 bridgehead atoms. The zero-order chi connectivity index (χ0) is 21.5. The molecule has 1 heterocycles. The Morgan fingerprint density at radius 1 is 1.23 bits per heavy atom. The predicted octanol–water partition coefficient (Wildman–Crippen LogP) is 5.59. The summed E-state index contributed by atoms with van der Waals surface area (Å²) in [5.74, 6) is 0.701. The molecule has 1 N–H and O–H groups in total. The van der Waals surface area contributed by atoms with Crippen molar-refractivity contribution < 1.29 is 9.53 Å². The Hall–Kier alpha value is -3.00. The predicted molar refractivity (Wildman–Crippen MR) is 121 cm³/mol. The van der Waals surface area contributed by atoms with Crippen molar-refractivity contribution in [2.45, 2.75) is 45.4 Å². The van der Waals surface area contributed by atoms with Gasteiger partial charge in [0.15, 0.2) is 0 Å². The number of hydrogen-bond acceptors (Lipinski definition) is 5. The molecule has 1 fully saturated rings. The fourth-order valence-corrected chi connectivity index (χ4v) is 4.00. The van der Waals surface area contributed by atoms with E-state index in [4.69, 9.17) is 10.00 Å². The van der Waals surface area contributed by atoms with Gasteiger partial charge in [0, 0.05) is 18.8 Å². The van der Waals surface area contributed by atoms with Crippen molar-refractivity contribution in [3.63, 3.8) is 0 Å². The molecular formula is C25H31N3O2. The molecular weight excluding hydrogens is 374 g/mol. The Balaban J connectivity index is 1.93. The first-order valence-corrected chi connectivity index (χ1v) is 10.8. The van der Waals surface area contributed by atoms with Crippen molar-refractivity contribution in [2.75, 3.05) is 30.4 Å². The number of nitrogens with zero attached hydrogens (tertiary/aromatic N) is 2. The highest BCUT2D eigenvalue weighted by atomic mass is 16.5. The summed E-state index contributed by atoms with van der Waals surface area (Å²) >= 11 is 0. The number of carbonyl (C=O) groups is 1. The van der Waals surface area contributed by atoms with Crippen molar-refractivity contribution in [2.24, 2.45) is 5.92 Å². The quantitative estimate of drug-likeness (QED) is 0.608. The normalized spacial score (nSPS) is 15.3. The molecule has 0 radical (unpaired) electrons. The first-order valence-electron chi connectivity index (χ1n) is 10.8. The second-order valence-electron chi connectivity index (χ2n) is 8.15. The van der Waals surface area contributed by atoms with E-state index in [-0.39, 0.29) is 11.9 Å². The van der Waals surface area contributed by atoms with Crippen molar-refractivity contribution in [3.8, 4) is 6.07 Å². The number of esters is 1. The van der Waals surface area contributed by atoms with Gasteiger partial charge >= 0.3 is 5.97 Å². The summed E-state index contributed by atoms with van der Waals surface area (Å²) < 4.78 is 4.89. The first kappa shape index (κ1) is 21.7. The van der Waals surface area contributed by atoms with Crippen LogP contribution in [0.3, 0.4) is 0 Å². The minimum Gasteiger partial charge on any atom is -0.469 e. The monoisotopic (exact) mass is 405 g/mol. The summed E-state index contributed by atoms with van der Waals surface area (Å²) in [6.45, 7) is 6.50. The molecule has 1 aliphatic rings. The Kier molecular flexibility index (Phi) is 7.35. The molecule has 2 aromatic rings. The Labute approximate surface area is 179 Å². The van der Waals surface area contributed by atoms with Gasteiger partial charge in [-0.1, -0.05) is 19.9 Å². The smallest absolute Gasteiger partial charge is 0.306 e. The van der Waals surface area contributed by atoms with Crippen LogP contribution in [0.4, 0.5) is 17.1 Å². The Morgan fingerprint density at radius 3 is 2.53 bits per heavy atom. The maximum atomic E-state index is 11.9. The molecule has 2 aromatic carbocycles. The molecule has 5 heteroatoms. The third kappa shape index (κ3) is 5.33. The van der Waals surface area contributed by atoms with Crippen molar-refractivity contribution in [1.29, 1.82) is 5.26 Å². The van der Waals surface area contributed by atoms with E-state index >= 15 is 0 Å². The molecule has 158 valence electrons. The lowest BCUT2D eigenvalue weighted by Crippen LogP contribution is -2.33. The van der Waals surface area contributed by atoms with Crippen molar-refractivity contribution in [3.05, 3.63) is 53.6 Å². The fraction of sp³-hybridized carbons (Fsp3) is 0.440. The second kappa shape index (κ2) is 10.2. The van der Waals surface area contributed by atoms with Crippen LogP contribution in [-0.4, -0.2) is 26.2 Å². The van der Waals surface area contributed by atoms with Crippen LogP contribution in [0.2, 0.25) is 0 Å². The number of hydrogen-bond donors (Lipinski definition) is 1. The summed E-state index contributed by atoms with van der Waals surface area (Å²) in [6, 6.07) is 16.2. The molecule has 0 spiro atoms. The number of rotatable bonds is 7. The van der Waals surface area contributed by atoms with E-state index in [9.17, 15) is 4.79 Å². The number of anilines is 3. The van der Waals surface area contributed by atoms with E-state index in [1.807, 2.05) is 24.3 Å². The Morgan fingerprint density at radius 2 is 1.93 bits per heavy atom. The number of ether oxygens (including phenoxy) is 1. The second-order valence-corrected chi connectivity index (χ2v) is 8.15. The van der Waals surface area contributed by atoms with Crippen LogP contribution in [0.25, 0.3) is 0 Å². The number of nitriles is 1. The molecule has 1 aliphatic heterocycles. The zero-order valence-corrected chi connectivity index (χ0v) is 18.1. The summed E-state index contributed by atoms with van der Waals surface area (Å²) in [5, 5.41) is 12.6. The first-order chi connectivity index (χ1) is 14.5. The lowest BCUT2D eigenvalue weighted by molar-refractivity contribution is -0.141. The fourth-order valence-electron chi connectivity index (χ4n) is 4.00. The lowest BCUT2D eigenvalue weighted by atomic mass is 9.92. The topological polar surface area (TPSA) is 65.4 Å². The van der Waals surface area contributed by atoms with E-state index in [0.717, 1.165) is 42.4 Å². The summed E-state index contributed by atoms with van der Waals surface area (Å²) in [5.41, 5.74) is 4.94. The van der Waals surface area contributed by atoms with Crippen molar-refractivity contribution >= 4 is 23.0 Å². The van der Waals surface area contributed by atoms with Crippen LogP contribution >= 0.6 is 0 Å². The largest absolute Gasteiger partial charge is 0.469 e. The molecule has 0 aliphatic carbocycles. The average molecular weight is 406 g/mol. The van der Waals surface area contributed by atoms with E-state index in [1.54, 1.807) is 0 Å². The average Bonchev–Trinajstić information content (AvgIpc) is 2.78. The zero-order valence-electron chi connectivity index (χ0n) is 18.1. The highest BCUT2D eigenvalue weighted by molar-refractivity contribution is 5.77. The minimum absolute atomic E-state index is 0.120. The van der Waals surface area contributed by atoms with Crippen LogP contribution < -0.4 is 10.2 Å². The number of methoxy groups -OCH3 is 1. The van der Waals surface area contributed by atoms with Crippen molar-refractivity contribution in [1.82, 2.24) is 0 Å². The molecule has 1 atom stereocenters. The standard InChI is InChI=1S/C25H31N3O2/c1-4-20(16-25(29)30-3)21-7-10-24(28-13-11-18(2)12-14-28)23(15-21)27-22-8-5-19(17-26)6-9-22/h5-10,15,18,20,27H,4,11-14,16H2,1-3H3. The van der Waals surface area contributed by atoms with Crippen LogP contribution in [-0.2, 0) is 9.53 Å². The maximum Gasteiger partial charge on any atom is 0.306 e. The van der Waals surface area contributed by atoms with E-state index in [1.165, 1.54) is 25.6 Å². The third-order valence-electron chi connectivity index (χ3n) is 6.04. The summed E-state index contributed by atoms with van der Waals surface area (Å²) in [7, 11) is 1.44. The van der Waals surface area contributed by atoms with Gasteiger partial charge in [-0.25, -0.2) is 0 Å². The van der Waals surface area contributed by atoms with Gasteiger partial charge in [0.05, 0.1) is 36.5 Å². The van der Waals surface area contributed by atoms with Gasteiger partial charge in [0.2, 0.25) is 0 Å². The van der Waals surface area contributed by atoms with Gasteiger partial charge < -0.3 is 15.0 Å². The van der Waals surface area contributed by atoms with E-state index in [0.29, 0.717) is 12.0 Å². The molecule has 0 saturated carbocycles. The van der Waals surface area contributed by atoms with Gasteiger partial charge in [0.1, 0.15) is 0 Å². The maximum absolute atomic E-state index is 11.9. The highest BCUT2D eigenvalue weighted by Crippen LogP contribution is 2.36. The summed E-state index contributed by atoms with van der Waals surface area (Å²) in [4.78, 5) is 14.3. The molecule has 5 nitrogen and oxygen atoms in total. The highest BCUT2D eigenvalue weighted by Gasteiger charge is 2.21. The molecule has 0 amide bonds. The van der Waals surface area contributed by atoms with E-state index in [2.05, 4.69) is 48.3 Å². The minimum atomic E-state index is -0.183. The van der Waals surface area contributed by atoms with Gasteiger partial charge in [-0.05, 0) is 73.1 Å². The van der Waals surface area contributed by atoms with Gasteiger partial charge in [-0.2, -0.15) is 5.26 Å². The summed E-state index contributed by atoms with van der Waals surface area (Å²) in [6.07, 6.45) is 3.63. The molecule has 3 rings (SSSR count). The number of piperidine rings is 1. The molecule has 1 saturated heterocycles. The van der Waals surface area contributed by atoms with Crippen LogP contribution in [0, 0.1) is 17.2 Å².